The third-order valence-corrected chi connectivity index (χ3v) is 0.831. The SMILES string of the molecule is O=P1(O)OOOOOO1.[NaH].[NaH]. The van der Waals surface area contributed by atoms with E-state index < -0.39 is 7.82 Å². The molecular weight excluding hydrogens is 205 g/mol. The van der Waals surface area contributed by atoms with Crippen LogP contribution >= 0.6 is 7.82 Å². The van der Waals surface area contributed by atoms with Crippen molar-refractivity contribution in [3.05, 3.63) is 0 Å². The van der Waals surface area contributed by atoms with Crippen LogP contribution < -0.4 is 0 Å². The van der Waals surface area contributed by atoms with Crippen molar-refractivity contribution in [2.24, 2.45) is 0 Å². The van der Waals surface area contributed by atoms with Crippen LogP contribution in [0.1, 0.15) is 0 Å². The molecule has 0 aliphatic carbocycles. The standard InChI is InChI=1S/2Na.HO8P.2H/c;;1-9(2)7-5-3-4-6-8-9;;/h;;(H,1,2);;. The number of phosphoric acid groups is 1. The zero-order valence-electron chi connectivity index (χ0n) is 3.75. The molecule has 0 aromatic carbocycles. The van der Waals surface area contributed by atoms with Gasteiger partial charge in [-0.2, -0.15) is 0 Å². The third-order valence-electron chi connectivity index (χ3n) is 0.333. The van der Waals surface area contributed by atoms with Gasteiger partial charge in [-0.25, -0.2) is 4.57 Å². The van der Waals surface area contributed by atoms with Gasteiger partial charge in [-0.15, -0.1) is 0 Å². The molecule has 0 aromatic rings. The van der Waals surface area contributed by atoms with E-state index in [2.05, 4.69) is 29.5 Å². The normalized spacial score (nSPS) is 22.3. The van der Waals surface area contributed by atoms with Crippen LogP contribution in [0.25, 0.3) is 0 Å². The van der Waals surface area contributed by atoms with Gasteiger partial charge >= 0.3 is 66.9 Å². The fraction of sp³-hybridized carbons (Fsp3) is 0. The first-order valence-electron chi connectivity index (χ1n) is 1.58. The summed E-state index contributed by atoms with van der Waals surface area (Å²) in [5.41, 5.74) is 0. The molecule has 1 rings (SSSR count). The van der Waals surface area contributed by atoms with Gasteiger partial charge in [0.15, 0.2) is 0 Å². The maximum atomic E-state index is 10.2. The molecule has 58 valence electrons. The van der Waals surface area contributed by atoms with Crippen molar-refractivity contribution < 1.29 is 39.0 Å². The summed E-state index contributed by atoms with van der Waals surface area (Å²) in [4.78, 5) is 8.26. The first-order chi connectivity index (χ1) is 4.21. The van der Waals surface area contributed by atoms with Crippen molar-refractivity contribution in [1.29, 1.82) is 0 Å². The Morgan fingerprint density at radius 1 is 0.909 bits per heavy atom. The number of hydrogen-bond acceptors (Lipinski definition) is 7. The molecule has 1 heterocycles. The van der Waals surface area contributed by atoms with Gasteiger partial charge in [-0.05, 0) is 20.2 Å². The average molecular weight is 208 g/mol. The molecule has 1 N–H and O–H groups in total. The van der Waals surface area contributed by atoms with E-state index in [-0.39, 0.29) is 59.1 Å². The van der Waals surface area contributed by atoms with Crippen molar-refractivity contribution in [2.45, 2.75) is 0 Å². The van der Waals surface area contributed by atoms with Crippen LogP contribution in [0.4, 0.5) is 0 Å². The Balaban J connectivity index is 0. The molecule has 11 heteroatoms. The first kappa shape index (κ1) is 15.4. The summed E-state index contributed by atoms with van der Waals surface area (Å²) in [5, 5.41) is 13.7. The van der Waals surface area contributed by atoms with Crippen LogP contribution in [-0.2, 0) is 34.1 Å². The zero-order valence-corrected chi connectivity index (χ0v) is 4.65. The molecule has 0 spiro atoms. The van der Waals surface area contributed by atoms with Crippen LogP contribution in [0.15, 0.2) is 0 Å². The van der Waals surface area contributed by atoms with E-state index in [1.807, 2.05) is 0 Å². The van der Waals surface area contributed by atoms with Gasteiger partial charge in [0.05, 0.1) is 0 Å². The Hall–Kier alpha value is 1.95. The second kappa shape index (κ2) is 7.36. The minimum atomic E-state index is -4.32. The van der Waals surface area contributed by atoms with E-state index in [9.17, 15) is 4.57 Å². The van der Waals surface area contributed by atoms with E-state index in [1.165, 1.54) is 0 Å². The van der Waals surface area contributed by atoms with Crippen LogP contribution in [0.2, 0.25) is 0 Å². The Morgan fingerprint density at radius 3 is 1.64 bits per heavy atom. The monoisotopic (exact) mass is 208 g/mol. The quantitative estimate of drug-likeness (QED) is 0.291. The molecule has 11 heavy (non-hydrogen) atoms. The van der Waals surface area contributed by atoms with Crippen LogP contribution in [0.5, 0.6) is 0 Å². The van der Waals surface area contributed by atoms with Gasteiger partial charge in [0, 0.05) is 0 Å². The molecule has 1 aliphatic rings. The van der Waals surface area contributed by atoms with E-state index in [4.69, 9.17) is 4.89 Å². The number of rotatable bonds is 0. The molecule has 8 nitrogen and oxygen atoms in total. The summed E-state index contributed by atoms with van der Waals surface area (Å²) in [5.74, 6) is 0. The Kier molecular flexibility index (Phi) is 10.3. The van der Waals surface area contributed by atoms with Gasteiger partial charge in [0.1, 0.15) is 0 Å². The molecule has 0 amide bonds. The number of hydrogen-bond donors (Lipinski definition) is 1. The molecule has 1 aliphatic heterocycles. The van der Waals surface area contributed by atoms with Gasteiger partial charge in [-0.1, -0.05) is 9.35 Å². The summed E-state index contributed by atoms with van der Waals surface area (Å²) in [7, 11) is -4.32. The Bertz CT molecular complexity index is 122. The molecular formula is H3Na2O8P. The molecule has 0 atom stereocenters. The fourth-order valence-electron chi connectivity index (χ4n) is 0.137. The minimum absolute atomic E-state index is 0. The van der Waals surface area contributed by atoms with E-state index in [0.29, 0.717) is 0 Å². The van der Waals surface area contributed by atoms with E-state index >= 15 is 0 Å². The molecule has 1 fully saturated rings. The van der Waals surface area contributed by atoms with Gasteiger partial charge in [-0.3, -0.25) is 4.89 Å². The van der Waals surface area contributed by atoms with E-state index in [0.717, 1.165) is 0 Å². The maximum absolute atomic E-state index is 10.2. The zero-order chi connectivity index (χ0) is 6.74. The second-order valence-corrected chi connectivity index (χ2v) is 2.13. The van der Waals surface area contributed by atoms with Gasteiger partial charge in [0.2, 0.25) is 0 Å². The molecule has 0 unspecified atom stereocenters. The topological polar surface area (TPSA) is 92.7 Å². The predicted molar refractivity (Wildman–Crippen MR) is 30.6 cm³/mol. The second-order valence-electron chi connectivity index (χ2n) is 0.890. The van der Waals surface area contributed by atoms with E-state index in [1.54, 1.807) is 0 Å². The van der Waals surface area contributed by atoms with Gasteiger partial charge in [0.25, 0.3) is 0 Å². The van der Waals surface area contributed by atoms with Crippen molar-refractivity contribution in [3.63, 3.8) is 0 Å². The predicted octanol–water partition coefficient (Wildman–Crippen LogP) is -1.52. The molecule has 0 radical (unpaired) electrons. The summed E-state index contributed by atoms with van der Waals surface area (Å²) in [6, 6.07) is 0. The third kappa shape index (κ3) is 7.05. The molecule has 0 aromatic heterocycles. The first-order valence-corrected chi connectivity index (χ1v) is 3.08. The summed E-state index contributed by atoms with van der Waals surface area (Å²) < 4.78 is 17.2. The van der Waals surface area contributed by atoms with Crippen LogP contribution in [0.3, 0.4) is 0 Å². The molecule has 0 saturated carbocycles. The van der Waals surface area contributed by atoms with Crippen molar-refractivity contribution in [2.75, 3.05) is 0 Å². The average Bonchev–Trinajstić information content (AvgIpc) is 1.92. The van der Waals surface area contributed by atoms with Crippen molar-refractivity contribution in [1.82, 2.24) is 0 Å². The summed E-state index contributed by atoms with van der Waals surface area (Å²) >= 11 is 0. The summed E-state index contributed by atoms with van der Waals surface area (Å²) in [6.45, 7) is 0. The van der Waals surface area contributed by atoms with Crippen LogP contribution in [-0.4, -0.2) is 64.0 Å². The Morgan fingerprint density at radius 2 is 1.27 bits per heavy atom. The molecule has 0 bridgehead atoms. The van der Waals surface area contributed by atoms with Crippen LogP contribution in [0, 0.1) is 0 Å². The molecule has 1 saturated heterocycles. The van der Waals surface area contributed by atoms with Crippen molar-refractivity contribution >= 4 is 66.9 Å². The fourth-order valence-corrected chi connectivity index (χ4v) is 0.365. The Labute approximate surface area is 105 Å². The summed E-state index contributed by atoms with van der Waals surface area (Å²) in [6.07, 6.45) is 0. The van der Waals surface area contributed by atoms with Gasteiger partial charge < -0.3 is 0 Å². The van der Waals surface area contributed by atoms with Crippen molar-refractivity contribution in [3.8, 4) is 0 Å².